The van der Waals surface area contributed by atoms with Crippen molar-refractivity contribution in [3.8, 4) is 0 Å². The molecular formula is C51H56N6O10. The summed E-state index contributed by atoms with van der Waals surface area (Å²) in [5, 5.41) is 41.6. The number of carbonyl (C=O) groups excluding carboxylic acids is 2. The molecule has 2 aliphatic rings. The number of hydrogen-bond acceptors (Lipinski definition) is 12. The Hall–Kier alpha value is -6.66. The fraction of sp³-hybridized carbons (Fsp3) is 0.333. The number of pyridine rings is 2. The third-order valence-electron chi connectivity index (χ3n) is 11.9. The Morgan fingerprint density at radius 1 is 0.672 bits per heavy atom. The van der Waals surface area contributed by atoms with Crippen molar-refractivity contribution in [1.29, 1.82) is 0 Å². The van der Waals surface area contributed by atoms with E-state index in [1.807, 2.05) is 45.0 Å². The average Bonchev–Trinajstić information content (AvgIpc) is 3.32. The lowest BCUT2D eigenvalue weighted by Crippen LogP contribution is -2.36. The van der Waals surface area contributed by atoms with E-state index in [1.165, 1.54) is 28.8 Å². The highest BCUT2D eigenvalue weighted by atomic mass is 16.5. The second-order valence-corrected chi connectivity index (χ2v) is 16.2. The van der Waals surface area contributed by atoms with Gasteiger partial charge in [0.25, 0.3) is 5.91 Å². The average molecular weight is 913 g/mol. The molecule has 16 heteroatoms. The third-order valence-corrected chi connectivity index (χ3v) is 11.9. The molecule has 5 aromatic rings. The first-order valence-electron chi connectivity index (χ1n) is 22.5. The van der Waals surface area contributed by atoms with E-state index in [1.54, 1.807) is 48.5 Å². The number of amides is 2. The highest BCUT2D eigenvalue weighted by Gasteiger charge is 2.30. The normalized spacial score (nSPS) is 13.5. The van der Waals surface area contributed by atoms with Gasteiger partial charge in [0.05, 0.1) is 69.3 Å². The number of para-hydroxylation sites is 1. The van der Waals surface area contributed by atoms with Crippen LogP contribution >= 0.6 is 0 Å². The van der Waals surface area contributed by atoms with Crippen LogP contribution in [-0.4, -0.2) is 136 Å². The number of nitrogens with zero attached hydrogens (tertiary/aromatic N) is 5. The van der Waals surface area contributed by atoms with Crippen LogP contribution in [0.1, 0.15) is 90.3 Å². The Bertz CT molecular complexity index is 2550. The van der Waals surface area contributed by atoms with Crippen LogP contribution in [0.25, 0.3) is 11.1 Å². The monoisotopic (exact) mass is 912 g/mol. The molecule has 0 saturated carbocycles. The molecule has 7 rings (SSSR count). The van der Waals surface area contributed by atoms with Gasteiger partial charge in [-0.25, -0.2) is 19.6 Å². The SMILES string of the molecule is O=C(NCCC(=O)N1Cc2ccccc2C2=C(CC2)c2ccccc21)c1ccc(C(c2cccc(C(=O)O)n2)N(CCO)CCOCCOCCN(CCO)Cc2cccc(C(=O)O)n2)cc1. The molecule has 2 amide bonds. The van der Waals surface area contributed by atoms with E-state index in [4.69, 9.17) is 9.47 Å². The number of carboxylic acid groups (broad SMARTS) is 2. The molecule has 1 atom stereocenters. The van der Waals surface area contributed by atoms with Crippen LogP contribution in [0.5, 0.6) is 0 Å². The molecule has 5 N–H and O–H groups in total. The van der Waals surface area contributed by atoms with Gasteiger partial charge < -0.3 is 40.1 Å². The lowest BCUT2D eigenvalue weighted by atomic mass is 9.77. The number of rotatable bonds is 24. The number of carbonyl (C=O) groups is 4. The number of carboxylic acids is 2. The summed E-state index contributed by atoms with van der Waals surface area (Å²) in [5.74, 6) is -2.74. The van der Waals surface area contributed by atoms with Crippen LogP contribution in [0.3, 0.4) is 0 Å². The number of anilines is 1. The van der Waals surface area contributed by atoms with Crippen molar-refractivity contribution in [1.82, 2.24) is 25.1 Å². The minimum absolute atomic E-state index is 0.0496. The molecule has 3 heterocycles. The van der Waals surface area contributed by atoms with Crippen molar-refractivity contribution in [2.75, 3.05) is 77.3 Å². The molecule has 2 aromatic heterocycles. The van der Waals surface area contributed by atoms with Crippen LogP contribution in [-0.2, 0) is 27.4 Å². The Balaban J connectivity index is 0.943. The molecule has 3 aromatic carbocycles. The molecule has 16 nitrogen and oxygen atoms in total. The van der Waals surface area contributed by atoms with Gasteiger partial charge in [-0.3, -0.25) is 19.4 Å². The minimum atomic E-state index is -1.18. The maximum atomic E-state index is 13.9. The molecule has 0 fully saturated rings. The first kappa shape index (κ1) is 48.3. The zero-order valence-electron chi connectivity index (χ0n) is 37.3. The highest BCUT2D eigenvalue weighted by molar-refractivity contribution is 6.05. The number of ether oxygens (including phenoxy) is 2. The zero-order valence-corrected chi connectivity index (χ0v) is 37.3. The Morgan fingerprint density at radius 3 is 2.01 bits per heavy atom. The fourth-order valence-electron chi connectivity index (χ4n) is 8.52. The summed E-state index contributed by atoms with van der Waals surface area (Å²) in [6.07, 6.45) is 2.06. The quantitative estimate of drug-likeness (QED) is 0.0507. The van der Waals surface area contributed by atoms with Crippen molar-refractivity contribution < 1.29 is 49.1 Å². The molecule has 0 spiro atoms. The lowest BCUT2D eigenvalue weighted by Gasteiger charge is -2.35. The molecule has 0 bridgehead atoms. The number of allylic oxidation sites excluding steroid dienone is 2. The van der Waals surface area contributed by atoms with Crippen LogP contribution in [0, 0.1) is 0 Å². The Kier molecular flexibility index (Phi) is 17.1. The largest absolute Gasteiger partial charge is 0.477 e. The van der Waals surface area contributed by atoms with Crippen LogP contribution in [0.4, 0.5) is 5.69 Å². The fourth-order valence-corrected chi connectivity index (χ4v) is 8.52. The smallest absolute Gasteiger partial charge is 0.354 e. The highest BCUT2D eigenvalue weighted by Crippen LogP contribution is 2.48. The third kappa shape index (κ3) is 12.4. The number of aromatic nitrogens is 2. The van der Waals surface area contributed by atoms with Crippen molar-refractivity contribution in [2.45, 2.75) is 38.4 Å². The molecule has 67 heavy (non-hydrogen) atoms. The number of nitrogens with one attached hydrogen (secondary N) is 1. The van der Waals surface area contributed by atoms with Crippen LogP contribution < -0.4 is 10.2 Å². The van der Waals surface area contributed by atoms with E-state index in [9.17, 15) is 39.6 Å². The van der Waals surface area contributed by atoms with Crippen molar-refractivity contribution in [2.24, 2.45) is 0 Å². The van der Waals surface area contributed by atoms with Gasteiger partial charge in [0.2, 0.25) is 5.91 Å². The molecule has 0 saturated heterocycles. The van der Waals surface area contributed by atoms with E-state index in [0.717, 1.165) is 29.7 Å². The van der Waals surface area contributed by atoms with Crippen molar-refractivity contribution >= 4 is 40.6 Å². The predicted octanol–water partition coefficient (Wildman–Crippen LogP) is 5.16. The molecule has 350 valence electrons. The van der Waals surface area contributed by atoms with Crippen LogP contribution in [0.2, 0.25) is 0 Å². The summed E-state index contributed by atoms with van der Waals surface area (Å²) >= 11 is 0. The van der Waals surface area contributed by atoms with Gasteiger partial charge in [0.15, 0.2) is 0 Å². The summed E-state index contributed by atoms with van der Waals surface area (Å²) in [4.78, 5) is 64.9. The van der Waals surface area contributed by atoms with Gasteiger partial charge in [-0.1, -0.05) is 66.7 Å². The maximum Gasteiger partial charge on any atom is 0.354 e. The second kappa shape index (κ2) is 23.7. The zero-order chi connectivity index (χ0) is 47.1. The van der Waals surface area contributed by atoms with Gasteiger partial charge in [-0.2, -0.15) is 0 Å². The van der Waals surface area contributed by atoms with E-state index in [-0.39, 0.29) is 75.7 Å². The first-order chi connectivity index (χ1) is 32.6. The molecule has 1 aliphatic heterocycles. The topological polar surface area (TPSA) is 215 Å². The van der Waals surface area contributed by atoms with E-state index in [0.29, 0.717) is 61.8 Å². The number of aliphatic hydroxyl groups excluding tert-OH is 2. The van der Waals surface area contributed by atoms with Gasteiger partial charge in [0.1, 0.15) is 11.4 Å². The van der Waals surface area contributed by atoms with Crippen LogP contribution in [0.15, 0.2) is 109 Å². The van der Waals surface area contributed by atoms with Crippen molar-refractivity contribution in [3.05, 3.63) is 160 Å². The summed E-state index contributed by atoms with van der Waals surface area (Å²) in [5.41, 5.74) is 8.73. The van der Waals surface area contributed by atoms with Crippen molar-refractivity contribution in [3.63, 3.8) is 0 Å². The second-order valence-electron chi connectivity index (χ2n) is 16.2. The van der Waals surface area contributed by atoms with Gasteiger partial charge in [0, 0.05) is 56.8 Å². The summed E-state index contributed by atoms with van der Waals surface area (Å²) < 4.78 is 11.7. The maximum absolute atomic E-state index is 13.9. The summed E-state index contributed by atoms with van der Waals surface area (Å²) in [6.45, 7) is 3.10. The molecule has 0 radical (unpaired) electrons. The summed E-state index contributed by atoms with van der Waals surface area (Å²) in [7, 11) is 0. The Morgan fingerprint density at radius 2 is 1.31 bits per heavy atom. The van der Waals surface area contributed by atoms with Gasteiger partial charge in [-0.15, -0.1) is 0 Å². The number of aliphatic hydroxyl groups is 2. The number of aromatic carboxylic acids is 2. The van der Waals surface area contributed by atoms with Gasteiger partial charge >= 0.3 is 11.9 Å². The molecule has 1 unspecified atom stereocenters. The number of benzene rings is 3. The number of fused-ring (bicyclic) bond motifs is 4. The summed E-state index contributed by atoms with van der Waals surface area (Å²) in [6, 6.07) is 32.1. The first-order valence-corrected chi connectivity index (χ1v) is 22.5. The standard InChI is InChI=1S/C51H56N6O10/c58-27-23-55(34-38-8-5-12-44(53-38)50(62)63)25-29-66-31-32-67-30-26-56(24-28-59)48(43-11-6-13-45(54-43)51(64)65)35-15-17-36(18-16-35)49(61)52-22-21-47(60)57-33-37-7-1-2-9-39(37)40-19-20-41(40)42-10-3-4-14-46(42)57/h1-18,48,58-59H,19-34H2,(H,52,61)(H,62,63)(H,64,65). The molecule has 1 aliphatic carbocycles. The number of hydrogen-bond donors (Lipinski definition) is 5. The van der Waals surface area contributed by atoms with Gasteiger partial charge in [-0.05, 0) is 83.1 Å². The minimum Gasteiger partial charge on any atom is -0.477 e. The van der Waals surface area contributed by atoms with E-state index in [2.05, 4.69) is 33.5 Å². The lowest BCUT2D eigenvalue weighted by molar-refractivity contribution is -0.118. The molecular weight excluding hydrogens is 857 g/mol. The van der Waals surface area contributed by atoms with E-state index < -0.39 is 18.0 Å². The predicted molar refractivity (Wildman–Crippen MR) is 250 cm³/mol. The van der Waals surface area contributed by atoms with E-state index >= 15 is 0 Å². The Labute approximate surface area is 389 Å².